The van der Waals surface area contributed by atoms with E-state index in [1.54, 1.807) is 0 Å². The van der Waals surface area contributed by atoms with Crippen LogP contribution in [-0.4, -0.2) is 17.7 Å². The molecule has 0 heterocycles. The molecule has 0 aliphatic carbocycles. The van der Waals surface area contributed by atoms with Crippen LogP contribution in [0.3, 0.4) is 0 Å². The standard InChI is InChI=1S/C19H21FO3/c1-13-5-6-14(2)18(12-13)23-11-3-4-17(19(21)22)15-7-9-16(20)10-8-15/h5-10,12,17H,3-4,11H2,1-2H3,(H,21,22). The van der Waals surface area contributed by atoms with E-state index in [0.717, 1.165) is 16.9 Å². The first kappa shape index (κ1) is 17.0. The van der Waals surface area contributed by atoms with Crippen molar-refractivity contribution in [3.63, 3.8) is 0 Å². The molecule has 4 heteroatoms. The number of carboxylic acids is 1. The van der Waals surface area contributed by atoms with E-state index in [2.05, 4.69) is 0 Å². The average molecular weight is 316 g/mol. The summed E-state index contributed by atoms with van der Waals surface area (Å²) in [7, 11) is 0. The summed E-state index contributed by atoms with van der Waals surface area (Å²) < 4.78 is 18.7. The number of rotatable bonds is 7. The lowest BCUT2D eigenvalue weighted by atomic mass is 9.94. The van der Waals surface area contributed by atoms with E-state index in [4.69, 9.17) is 4.74 Å². The summed E-state index contributed by atoms with van der Waals surface area (Å²) in [4.78, 5) is 11.4. The molecule has 0 saturated heterocycles. The predicted molar refractivity (Wildman–Crippen MR) is 87.4 cm³/mol. The Hall–Kier alpha value is -2.36. The van der Waals surface area contributed by atoms with Gasteiger partial charge in [0, 0.05) is 0 Å². The maximum atomic E-state index is 12.9. The van der Waals surface area contributed by atoms with Crippen LogP contribution in [-0.2, 0) is 4.79 Å². The molecule has 3 nitrogen and oxygen atoms in total. The Balaban J connectivity index is 1.91. The zero-order valence-electron chi connectivity index (χ0n) is 13.4. The van der Waals surface area contributed by atoms with E-state index >= 15 is 0 Å². The van der Waals surface area contributed by atoms with Crippen molar-refractivity contribution in [1.82, 2.24) is 0 Å². The first-order chi connectivity index (χ1) is 11.0. The Morgan fingerprint density at radius 1 is 1.17 bits per heavy atom. The minimum absolute atomic E-state index is 0.365. The maximum Gasteiger partial charge on any atom is 0.310 e. The highest BCUT2D eigenvalue weighted by Crippen LogP contribution is 2.23. The van der Waals surface area contributed by atoms with Gasteiger partial charge in [0.2, 0.25) is 0 Å². The third kappa shape index (κ3) is 4.81. The van der Waals surface area contributed by atoms with Gasteiger partial charge < -0.3 is 9.84 Å². The molecule has 23 heavy (non-hydrogen) atoms. The summed E-state index contributed by atoms with van der Waals surface area (Å²) in [6, 6.07) is 11.6. The van der Waals surface area contributed by atoms with Crippen LogP contribution in [0.25, 0.3) is 0 Å². The predicted octanol–water partition coefficient (Wildman–Crippen LogP) is 4.47. The van der Waals surface area contributed by atoms with E-state index in [1.807, 2.05) is 32.0 Å². The van der Waals surface area contributed by atoms with Gasteiger partial charge >= 0.3 is 5.97 Å². The van der Waals surface area contributed by atoms with Crippen LogP contribution in [0, 0.1) is 19.7 Å². The topological polar surface area (TPSA) is 46.5 Å². The fourth-order valence-electron chi connectivity index (χ4n) is 2.46. The second kappa shape index (κ2) is 7.77. The lowest BCUT2D eigenvalue weighted by Gasteiger charge is -2.14. The smallest absolute Gasteiger partial charge is 0.310 e. The first-order valence-corrected chi connectivity index (χ1v) is 7.65. The second-order valence-corrected chi connectivity index (χ2v) is 5.70. The van der Waals surface area contributed by atoms with Crippen LogP contribution < -0.4 is 4.74 Å². The van der Waals surface area contributed by atoms with Crippen LogP contribution in [0.15, 0.2) is 42.5 Å². The molecule has 0 aliphatic heterocycles. The van der Waals surface area contributed by atoms with Crippen LogP contribution in [0.5, 0.6) is 5.75 Å². The van der Waals surface area contributed by atoms with Crippen molar-refractivity contribution in [1.29, 1.82) is 0 Å². The van der Waals surface area contributed by atoms with Gasteiger partial charge in [-0.2, -0.15) is 0 Å². The van der Waals surface area contributed by atoms with Gasteiger partial charge in [0.15, 0.2) is 0 Å². The molecule has 2 aromatic carbocycles. The Morgan fingerprint density at radius 3 is 2.52 bits per heavy atom. The van der Waals surface area contributed by atoms with Crippen molar-refractivity contribution in [3.8, 4) is 5.75 Å². The zero-order valence-corrected chi connectivity index (χ0v) is 13.4. The second-order valence-electron chi connectivity index (χ2n) is 5.70. The quantitative estimate of drug-likeness (QED) is 0.767. The minimum atomic E-state index is -0.900. The number of carbonyl (C=O) groups is 1. The molecule has 1 unspecified atom stereocenters. The number of aryl methyl sites for hydroxylation is 2. The lowest BCUT2D eigenvalue weighted by Crippen LogP contribution is -2.13. The van der Waals surface area contributed by atoms with Gasteiger partial charge in [-0.1, -0.05) is 24.3 Å². The van der Waals surface area contributed by atoms with Crippen molar-refractivity contribution in [3.05, 3.63) is 65.0 Å². The number of aliphatic carboxylic acids is 1. The number of halogens is 1. The van der Waals surface area contributed by atoms with E-state index in [1.165, 1.54) is 24.3 Å². The fourth-order valence-corrected chi connectivity index (χ4v) is 2.46. The lowest BCUT2D eigenvalue weighted by molar-refractivity contribution is -0.139. The molecular formula is C19H21FO3. The molecule has 0 aliphatic rings. The summed E-state index contributed by atoms with van der Waals surface area (Å²) >= 11 is 0. The molecule has 0 spiro atoms. The van der Waals surface area contributed by atoms with Crippen LogP contribution in [0.2, 0.25) is 0 Å². The third-order valence-corrected chi connectivity index (χ3v) is 3.81. The maximum absolute atomic E-state index is 12.9. The molecule has 1 N–H and O–H groups in total. The van der Waals surface area contributed by atoms with Crippen molar-refractivity contribution in [2.75, 3.05) is 6.61 Å². The molecule has 0 amide bonds. The summed E-state index contributed by atoms with van der Waals surface area (Å²) in [6.45, 7) is 4.43. The molecule has 2 rings (SSSR count). The van der Waals surface area contributed by atoms with Gasteiger partial charge in [-0.3, -0.25) is 4.79 Å². The van der Waals surface area contributed by atoms with Gasteiger partial charge in [0.25, 0.3) is 0 Å². The Labute approximate surface area is 135 Å². The molecule has 0 fully saturated rings. The fraction of sp³-hybridized carbons (Fsp3) is 0.316. The number of hydrogen-bond acceptors (Lipinski definition) is 2. The molecular weight excluding hydrogens is 295 g/mol. The normalized spacial score (nSPS) is 12.0. The molecule has 0 aromatic heterocycles. The molecule has 0 saturated carbocycles. The average Bonchev–Trinajstić information content (AvgIpc) is 2.51. The van der Waals surface area contributed by atoms with Crippen molar-refractivity contribution < 1.29 is 19.0 Å². The summed E-state index contributed by atoms with van der Waals surface area (Å²) in [5.74, 6) is -1.07. The van der Waals surface area contributed by atoms with E-state index in [0.29, 0.717) is 25.0 Å². The molecule has 1 atom stereocenters. The highest BCUT2D eigenvalue weighted by atomic mass is 19.1. The highest BCUT2D eigenvalue weighted by Gasteiger charge is 2.19. The number of benzene rings is 2. The van der Waals surface area contributed by atoms with Crippen LogP contribution in [0.1, 0.15) is 35.4 Å². The molecule has 0 bridgehead atoms. The first-order valence-electron chi connectivity index (χ1n) is 7.65. The van der Waals surface area contributed by atoms with Gasteiger partial charge in [-0.15, -0.1) is 0 Å². The SMILES string of the molecule is Cc1ccc(C)c(OCCCC(C(=O)O)c2ccc(F)cc2)c1. The molecule has 2 aromatic rings. The number of hydrogen-bond donors (Lipinski definition) is 1. The third-order valence-electron chi connectivity index (χ3n) is 3.81. The van der Waals surface area contributed by atoms with Crippen molar-refractivity contribution >= 4 is 5.97 Å². The monoisotopic (exact) mass is 316 g/mol. The summed E-state index contributed by atoms with van der Waals surface area (Å²) in [6.07, 6.45) is 1.06. The van der Waals surface area contributed by atoms with E-state index in [-0.39, 0.29) is 5.82 Å². The van der Waals surface area contributed by atoms with Gasteiger partial charge in [0.1, 0.15) is 11.6 Å². The van der Waals surface area contributed by atoms with Gasteiger partial charge in [-0.25, -0.2) is 4.39 Å². The number of ether oxygens (including phenoxy) is 1. The molecule has 0 radical (unpaired) electrons. The zero-order chi connectivity index (χ0) is 16.8. The highest BCUT2D eigenvalue weighted by molar-refractivity contribution is 5.75. The van der Waals surface area contributed by atoms with Gasteiger partial charge in [0.05, 0.1) is 12.5 Å². The molecule has 122 valence electrons. The largest absolute Gasteiger partial charge is 0.493 e. The van der Waals surface area contributed by atoms with Gasteiger partial charge in [-0.05, 0) is 61.6 Å². The Bertz CT molecular complexity index is 665. The Morgan fingerprint density at radius 2 is 1.87 bits per heavy atom. The van der Waals surface area contributed by atoms with Crippen molar-refractivity contribution in [2.45, 2.75) is 32.6 Å². The Kier molecular flexibility index (Phi) is 5.74. The van der Waals surface area contributed by atoms with E-state index < -0.39 is 11.9 Å². The summed E-state index contributed by atoms with van der Waals surface area (Å²) in [5, 5.41) is 9.36. The van der Waals surface area contributed by atoms with Crippen LogP contribution in [0.4, 0.5) is 4.39 Å². The van der Waals surface area contributed by atoms with Crippen molar-refractivity contribution in [2.24, 2.45) is 0 Å². The minimum Gasteiger partial charge on any atom is -0.493 e. The summed E-state index contributed by atoms with van der Waals surface area (Å²) in [5.41, 5.74) is 2.80. The van der Waals surface area contributed by atoms with E-state index in [9.17, 15) is 14.3 Å². The number of carboxylic acid groups (broad SMARTS) is 1. The van der Waals surface area contributed by atoms with Crippen LogP contribution >= 0.6 is 0 Å².